The van der Waals surface area contributed by atoms with E-state index in [0.717, 1.165) is 0 Å². The highest BCUT2D eigenvalue weighted by molar-refractivity contribution is 5.67. The van der Waals surface area contributed by atoms with Crippen molar-refractivity contribution in [2.45, 2.75) is 19.4 Å². The molecule has 0 aliphatic heterocycles. The van der Waals surface area contributed by atoms with Crippen molar-refractivity contribution in [3.05, 3.63) is 40.3 Å². The summed E-state index contributed by atoms with van der Waals surface area (Å²) in [5.41, 5.74) is 6.01. The molecule has 2 N–H and O–H groups in total. The van der Waals surface area contributed by atoms with E-state index in [1.165, 1.54) is 6.07 Å². The Labute approximate surface area is 103 Å². The van der Waals surface area contributed by atoms with Gasteiger partial charge in [-0.25, -0.2) is 0 Å². The lowest BCUT2D eigenvalue weighted by Crippen LogP contribution is -2.08. The fourth-order valence-corrected chi connectivity index (χ4v) is 1.49. The molecule has 0 unspecified atom stereocenters. The second kappa shape index (κ2) is 4.92. The Morgan fingerprint density at radius 3 is 2.89 bits per heavy atom. The van der Waals surface area contributed by atoms with E-state index in [-0.39, 0.29) is 23.4 Å². The quantitative estimate of drug-likeness (QED) is 0.655. The Morgan fingerprint density at radius 2 is 2.22 bits per heavy atom. The third-order valence-electron chi connectivity index (χ3n) is 2.54. The number of nitro benzene ring substituents is 1. The van der Waals surface area contributed by atoms with Crippen LogP contribution in [0, 0.1) is 10.1 Å². The summed E-state index contributed by atoms with van der Waals surface area (Å²) in [6.07, 6.45) is 0.651. The number of nitrogens with two attached hydrogens (primary N) is 1. The minimum Gasteiger partial charge on any atom is -0.337 e. The van der Waals surface area contributed by atoms with Gasteiger partial charge in [-0.2, -0.15) is 4.98 Å². The summed E-state index contributed by atoms with van der Waals surface area (Å²) in [5, 5.41) is 14.6. The normalized spacial score (nSPS) is 12.3. The van der Waals surface area contributed by atoms with Gasteiger partial charge in [0.25, 0.3) is 5.69 Å². The Bertz CT molecular complexity index is 567. The Balaban J connectivity index is 2.43. The summed E-state index contributed by atoms with van der Waals surface area (Å²) in [5.74, 6) is 0.465. The standard InChI is InChI=1S/C11H12N4O3/c1-2-8(12)11-13-10(14-18-11)7-5-3-4-6-9(7)15(16)17/h3-6,8H,2,12H2,1H3/t8-/m1/s1. The van der Waals surface area contributed by atoms with E-state index in [1.807, 2.05) is 6.92 Å². The molecular weight excluding hydrogens is 236 g/mol. The fraction of sp³-hybridized carbons (Fsp3) is 0.273. The first kappa shape index (κ1) is 12.2. The number of nitro groups is 1. The van der Waals surface area contributed by atoms with Crippen LogP contribution in [0.5, 0.6) is 0 Å². The maximum Gasteiger partial charge on any atom is 0.280 e. The summed E-state index contributed by atoms with van der Waals surface area (Å²) >= 11 is 0. The molecule has 0 saturated heterocycles. The lowest BCUT2D eigenvalue weighted by atomic mass is 10.1. The molecule has 2 rings (SSSR count). The molecule has 0 spiro atoms. The van der Waals surface area contributed by atoms with E-state index in [2.05, 4.69) is 10.1 Å². The number of para-hydroxylation sites is 1. The fourth-order valence-electron chi connectivity index (χ4n) is 1.49. The van der Waals surface area contributed by atoms with Crippen LogP contribution >= 0.6 is 0 Å². The van der Waals surface area contributed by atoms with E-state index in [4.69, 9.17) is 10.3 Å². The van der Waals surface area contributed by atoms with Gasteiger partial charge in [0.1, 0.15) is 5.56 Å². The van der Waals surface area contributed by atoms with Gasteiger partial charge in [-0.1, -0.05) is 24.2 Å². The molecule has 0 saturated carbocycles. The predicted octanol–water partition coefficient (Wildman–Crippen LogP) is 2.05. The van der Waals surface area contributed by atoms with Crippen molar-refractivity contribution < 1.29 is 9.45 Å². The largest absolute Gasteiger partial charge is 0.337 e. The maximum atomic E-state index is 10.9. The van der Waals surface area contributed by atoms with Gasteiger partial charge in [0, 0.05) is 6.07 Å². The van der Waals surface area contributed by atoms with E-state index >= 15 is 0 Å². The summed E-state index contributed by atoms with van der Waals surface area (Å²) < 4.78 is 5.00. The monoisotopic (exact) mass is 248 g/mol. The highest BCUT2D eigenvalue weighted by Gasteiger charge is 2.20. The van der Waals surface area contributed by atoms with Gasteiger partial charge in [0.2, 0.25) is 11.7 Å². The number of benzene rings is 1. The molecule has 18 heavy (non-hydrogen) atoms. The number of nitrogens with zero attached hydrogens (tertiary/aromatic N) is 3. The Kier molecular flexibility index (Phi) is 3.33. The molecule has 7 heteroatoms. The third-order valence-corrected chi connectivity index (χ3v) is 2.54. The highest BCUT2D eigenvalue weighted by atomic mass is 16.6. The second-order valence-corrected chi connectivity index (χ2v) is 3.75. The second-order valence-electron chi connectivity index (χ2n) is 3.75. The van der Waals surface area contributed by atoms with Crippen LogP contribution in [0.4, 0.5) is 5.69 Å². The van der Waals surface area contributed by atoms with Crippen LogP contribution in [0.15, 0.2) is 28.8 Å². The zero-order valence-corrected chi connectivity index (χ0v) is 9.74. The first-order valence-corrected chi connectivity index (χ1v) is 5.46. The van der Waals surface area contributed by atoms with Crippen molar-refractivity contribution in [1.82, 2.24) is 10.1 Å². The van der Waals surface area contributed by atoms with Crippen LogP contribution in [0.3, 0.4) is 0 Å². The number of aromatic nitrogens is 2. The number of hydrogen-bond acceptors (Lipinski definition) is 6. The lowest BCUT2D eigenvalue weighted by molar-refractivity contribution is -0.384. The summed E-state index contributed by atoms with van der Waals surface area (Å²) in [6, 6.07) is 5.88. The zero-order valence-electron chi connectivity index (χ0n) is 9.74. The third kappa shape index (κ3) is 2.21. The van der Waals surface area contributed by atoms with Crippen LogP contribution < -0.4 is 5.73 Å². The first-order chi connectivity index (χ1) is 8.63. The molecule has 0 aliphatic carbocycles. The van der Waals surface area contributed by atoms with Crippen molar-refractivity contribution in [2.75, 3.05) is 0 Å². The minimum absolute atomic E-state index is 0.0603. The molecule has 94 valence electrons. The van der Waals surface area contributed by atoms with Gasteiger partial charge in [-0.05, 0) is 12.5 Å². The number of hydrogen-bond donors (Lipinski definition) is 1. The van der Waals surface area contributed by atoms with Crippen molar-refractivity contribution in [2.24, 2.45) is 5.73 Å². The van der Waals surface area contributed by atoms with Crippen molar-refractivity contribution >= 4 is 5.69 Å². The Hall–Kier alpha value is -2.28. The molecular formula is C11H12N4O3. The van der Waals surface area contributed by atoms with Crippen LogP contribution in [0.2, 0.25) is 0 Å². The molecule has 7 nitrogen and oxygen atoms in total. The minimum atomic E-state index is -0.481. The van der Waals surface area contributed by atoms with Gasteiger partial charge in [0.05, 0.1) is 11.0 Å². The zero-order chi connectivity index (χ0) is 13.1. The number of rotatable bonds is 4. The summed E-state index contributed by atoms with van der Waals surface area (Å²) in [7, 11) is 0. The van der Waals surface area contributed by atoms with Gasteiger partial charge >= 0.3 is 0 Å². The molecule has 2 aromatic rings. The molecule has 1 heterocycles. The van der Waals surface area contributed by atoms with Crippen molar-refractivity contribution in [3.63, 3.8) is 0 Å². The molecule has 1 aromatic carbocycles. The topological polar surface area (TPSA) is 108 Å². The van der Waals surface area contributed by atoms with E-state index in [1.54, 1.807) is 18.2 Å². The molecule has 1 aromatic heterocycles. The maximum absolute atomic E-state index is 10.9. The molecule has 1 atom stereocenters. The molecule has 0 fully saturated rings. The van der Waals surface area contributed by atoms with Crippen LogP contribution in [0.1, 0.15) is 25.3 Å². The SMILES string of the molecule is CC[C@@H](N)c1nc(-c2ccccc2[N+](=O)[O-])no1. The predicted molar refractivity (Wildman–Crippen MR) is 63.6 cm³/mol. The van der Waals surface area contributed by atoms with Crippen LogP contribution in [-0.2, 0) is 0 Å². The van der Waals surface area contributed by atoms with E-state index in [9.17, 15) is 10.1 Å². The summed E-state index contributed by atoms with van der Waals surface area (Å²) in [4.78, 5) is 14.5. The molecule has 0 amide bonds. The smallest absolute Gasteiger partial charge is 0.280 e. The molecule has 0 radical (unpaired) electrons. The Morgan fingerprint density at radius 1 is 1.50 bits per heavy atom. The van der Waals surface area contributed by atoms with E-state index < -0.39 is 4.92 Å². The average Bonchev–Trinajstić information content (AvgIpc) is 2.87. The van der Waals surface area contributed by atoms with E-state index in [0.29, 0.717) is 12.0 Å². The summed E-state index contributed by atoms with van der Waals surface area (Å²) in [6.45, 7) is 1.89. The van der Waals surface area contributed by atoms with Crippen molar-refractivity contribution in [3.8, 4) is 11.4 Å². The van der Waals surface area contributed by atoms with Gasteiger partial charge in [-0.15, -0.1) is 0 Å². The molecule has 0 aliphatic rings. The van der Waals surface area contributed by atoms with Crippen molar-refractivity contribution in [1.29, 1.82) is 0 Å². The van der Waals surface area contributed by atoms with Gasteiger partial charge < -0.3 is 10.3 Å². The van der Waals surface area contributed by atoms with Crippen LogP contribution in [0.25, 0.3) is 11.4 Å². The highest BCUT2D eigenvalue weighted by Crippen LogP contribution is 2.27. The molecule has 0 bridgehead atoms. The van der Waals surface area contributed by atoms with Crippen LogP contribution in [-0.4, -0.2) is 15.1 Å². The van der Waals surface area contributed by atoms with Gasteiger partial charge in [-0.3, -0.25) is 10.1 Å². The van der Waals surface area contributed by atoms with Gasteiger partial charge in [0.15, 0.2) is 0 Å². The lowest BCUT2D eigenvalue weighted by Gasteiger charge is -1.99. The average molecular weight is 248 g/mol. The first-order valence-electron chi connectivity index (χ1n) is 5.46.